The molecule has 7 nitrogen and oxygen atoms in total. The van der Waals surface area contributed by atoms with Crippen LogP contribution in [0.2, 0.25) is 0 Å². The Bertz CT molecular complexity index is 619. The number of carbonyl (C=O) groups is 3. The number of aliphatic hydroxyl groups is 1. The van der Waals surface area contributed by atoms with Crippen molar-refractivity contribution in [2.75, 3.05) is 19.7 Å². The molecule has 2 saturated heterocycles. The van der Waals surface area contributed by atoms with E-state index in [1.54, 1.807) is 0 Å². The van der Waals surface area contributed by atoms with Crippen LogP contribution in [0.3, 0.4) is 0 Å². The van der Waals surface area contributed by atoms with Crippen molar-refractivity contribution in [1.29, 1.82) is 0 Å². The lowest BCUT2D eigenvalue weighted by Gasteiger charge is -2.26. The molecule has 136 valence electrons. The highest BCUT2D eigenvalue weighted by atomic mass is 16.3. The van der Waals surface area contributed by atoms with Crippen molar-refractivity contribution in [2.45, 2.75) is 31.3 Å². The van der Waals surface area contributed by atoms with Gasteiger partial charge in [-0.15, -0.1) is 0 Å². The lowest BCUT2D eigenvalue weighted by atomic mass is 9.81. The normalized spacial score (nSPS) is 39.3. The largest absolute Gasteiger partial charge is 0.389 e. The molecule has 1 saturated carbocycles. The van der Waals surface area contributed by atoms with E-state index >= 15 is 0 Å². The molecule has 7 heteroatoms. The Labute approximate surface area is 146 Å². The monoisotopic (exact) mass is 347 g/mol. The maximum Gasteiger partial charge on any atom is 0.238 e. The molecular weight excluding hydrogens is 322 g/mol. The number of aliphatic hydroxyl groups excluding tert-OH is 1. The molecule has 25 heavy (non-hydrogen) atoms. The fourth-order valence-corrected chi connectivity index (χ4v) is 5.21. The minimum absolute atomic E-state index is 0.0812. The second-order valence-electron chi connectivity index (χ2n) is 7.77. The van der Waals surface area contributed by atoms with E-state index < -0.39 is 18.4 Å². The van der Waals surface area contributed by atoms with Crippen molar-refractivity contribution in [2.24, 2.45) is 29.6 Å². The molecule has 2 heterocycles. The average molecular weight is 347 g/mol. The Morgan fingerprint density at radius 2 is 2.12 bits per heavy atom. The van der Waals surface area contributed by atoms with Gasteiger partial charge in [0.15, 0.2) is 5.78 Å². The highest BCUT2D eigenvalue weighted by Crippen LogP contribution is 2.51. The summed E-state index contributed by atoms with van der Waals surface area (Å²) in [5.41, 5.74) is 0. The molecule has 2 bridgehead atoms. The van der Waals surface area contributed by atoms with Crippen LogP contribution < -0.4 is 16.0 Å². The van der Waals surface area contributed by atoms with Crippen LogP contribution in [0.25, 0.3) is 0 Å². The predicted molar refractivity (Wildman–Crippen MR) is 89.3 cm³/mol. The summed E-state index contributed by atoms with van der Waals surface area (Å²) in [4.78, 5) is 36.7. The third kappa shape index (κ3) is 2.89. The zero-order valence-electron chi connectivity index (χ0n) is 14.1. The number of ketones is 1. The number of fused-ring (bicyclic) bond motifs is 5. The molecule has 0 aromatic carbocycles. The molecule has 0 radical (unpaired) electrons. The van der Waals surface area contributed by atoms with Crippen molar-refractivity contribution in [3.05, 3.63) is 12.2 Å². The second-order valence-corrected chi connectivity index (χ2v) is 7.77. The number of Topliss-reactive ketones (excluding diaryl/α,β-unsaturated/α-hetero) is 1. The Morgan fingerprint density at radius 1 is 1.32 bits per heavy atom. The van der Waals surface area contributed by atoms with Crippen molar-refractivity contribution in [3.63, 3.8) is 0 Å². The predicted octanol–water partition coefficient (Wildman–Crippen LogP) is -1.03. The van der Waals surface area contributed by atoms with Gasteiger partial charge in [0.05, 0.1) is 12.1 Å². The zero-order chi connectivity index (χ0) is 17.6. The molecule has 0 spiro atoms. The van der Waals surface area contributed by atoms with Crippen molar-refractivity contribution < 1.29 is 19.5 Å². The smallest absolute Gasteiger partial charge is 0.238 e. The maximum atomic E-state index is 12.8. The maximum absolute atomic E-state index is 12.8. The fraction of sp³-hybridized carbons (Fsp3) is 0.722. The minimum atomic E-state index is -0.804. The standard InChI is InChI=1S/C18H25N3O4/c22-8-14(23)13(6-11-3-4-19-17(11)24)21-18(25)16-15-10-2-1-9(5-10)12(15)7-20-16/h1-2,9-13,15-16,20,22H,3-8H2,(H,19,24)(H,21,25)/t9?,10?,11-,12?,13-,15?,16?/m0/s1. The second kappa shape index (κ2) is 6.53. The van der Waals surface area contributed by atoms with E-state index in [1.165, 1.54) is 0 Å². The molecule has 3 fully saturated rings. The van der Waals surface area contributed by atoms with Gasteiger partial charge < -0.3 is 21.1 Å². The van der Waals surface area contributed by atoms with Crippen LogP contribution in [-0.2, 0) is 14.4 Å². The first-order chi connectivity index (χ1) is 12.1. The summed E-state index contributed by atoms with van der Waals surface area (Å²) in [5.74, 6) is 0.811. The summed E-state index contributed by atoms with van der Waals surface area (Å²) >= 11 is 0. The molecule has 2 amide bonds. The first kappa shape index (κ1) is 16.7. The number of rotatable bonds is 6. The van der Waals surface area contributed by atoms with E-state index in [0.29, 0.717) is 30.7 Å². The molecule has 2 aliphatic heterocycles. The van der Waals surface area contributed by atoms with E-state index in [0.717, 1.165) is 13.0 Å². The molecule has 4 N–H and O–H groups in total. The summed E-state index contributed by atoms with van der Waals surface area (Å²) in [6.07, 6.45) is 6.53. The van der Waals surface area contributed by atoms with Crippen molar-refractivity contribution in [1.82, 2.24) is 16.0 Å². The van der Waals surface area contributed by atoms with Crippen LogP contribution >= 0.6 is 0 Å². The van der Waals surface area contributed by atoms with Crippen LogP contribution in [0.1, 0.15) is 19.3 Å². The molecule has 4 rings (SSSR count). The van der Waals surface area contributed by atoms with Crippen molar-refractivity contribution in [3.8, 4) is 0 Å². The van der Waals surface area contributed by atoms with Gasteiger partial charge in [0.2, 0.25) is 11.8 Å². The van der Waals surface area contributed by atoms with Crippen LogP contribution in [-0.4, -0.2) is 54.5 Å². The molecule has 0 aromatic heterocycles. The highest BCUT2D eigenvalue weighted by Gasteiger charge is 2.53. The van der Waals surface area contributed by atoms with Crippen LogP contribution in [0.5, 0.6) is 0 Å². The lowest BCUT2D eigenvalue weighted by Crippen LogP contribution is -2.52. The van der Waals surface area contributed by atoms with Crippen molar-refractivity contribution >= 4 is 17.6 Å². The highest BCUT2D eigenvalue weighted by molar-refractivity contribution is 5.92. The minimum Gasteiger partial charge on any atom is -0.389 e. The topological polar surface area (TPSA) is 108 Å². The van der Waals surface area contributed by atoms with Crippen LogP contribution in [0.15, 0.2) is 12.2 Å². The zero-order valence-corrected chi connectivity index (χ0v) is 14.1. The van der Waals surface area contributed by atoms with Gasteiger partial charge >= 0.3 is 0 Å². The van der Waals surface area contributed by atoms with E-state index in [-0.39, 0.29) is 36.1 Å². The Hall–Kier alpha value is -1.73. The number of nitrogens with one attached hydrogen (secondary N) is 3. The number of hydrogen-bond acceptors (Lipinski definition) is 5. The molecule has 5 unspecified atom stereocenters. The van der Waals surface area contributed by atoms with E-state index in [9.17, 15) is 19.5 Å². The van der Waals surface area contributed by atoms with E-state index in [4.69, 9.17) is 0 Å². The molecule has 7 atom stereocenters. The first-order valence-corrected chi connectivity index (χ1v) is 9.22. The Kier molecular flexibility index (Phi) is 4.37. The van der Waals surface area contributed by atoms with Gasteiger partial charge in [0.1, 0.15) is 6.61 Å². The van der Waals surface area contributed by atoms with Gasteiger partial charge in [0, 0.05) is 12.5 Å². The third-order valence-corrected chi connectivity index (χ3v) is 6.47. The van der Waals surface area contributed by atoms with Gasteiger partial charge in [-0.3, -0.25) is 14.4 Å². The molecule has 2 aliphatic carbocycles. The number of amides is 2. The van der Waals surface area contributed by atoms with Gasteiger partial charge in [-0.05, 0) is 49.5 Å². The summed E-state index contributed by atoms with van der Waals surface area (Å²) in [5, 5.41) is 18.1. The fourth-order valence-electron chi connectivity index (χ4n) is 5.21. The Morgan fingerprint density at radius 3 is 2.84 bits per heavy atom. The average Bonchev–Trinajstić information content (AvgIpc) is 3.36. The van der Waals surface area contributed by atoms with Gasteiger partial charge in [-0.25, -0.2) is 0 Å². The third-order valence-electron chi connectivity index (χ3n) is 6.47. The number of hydrogen-bond donors (Lipinski definition) is 4. The van der Waals surface area contributed by atoms with Crippen LogP contribution in [0, 0.1) is 29.6 Å². The van der Waals surface area contributed by atoms with E-state index in [2.05, 4.69) is 28.1 Å². The quantitative estimate of drug-likeness (QED) is 0.460. The number of allylic oxidation sites excluding steroid dienone is 2. The summed E-state index contributed by atoms with van der Waals surface area (Å²) in [6.45, 7) is 0.801. The Balaban J connectivity index is 1.42. The molecule has 4 aliphatic rings. The number of carbonyl (C=O) groups excluding carboxylic acids is 3. The summed E-state index contributed by atoms with van der Waals surface area (Å²) < 4.78 is 0. The van der Waals surface area contributed by atoms with Gasteiger partial charge in [0.25, 0.3) is 0 Å². The lowest BCUT2D eigenvalue weighted by molar-refractivity contribution is -0.132. The first-order valence-electron chi connectivity index (χ1n) is 9.22. The summed E-state index contributed by atoms with van der Waals surface area (Å²) in [6, 6.07) is -1.10. The van der Waals surface area contributed by atoms with Gasteiger partial charge in [-0.1, -0.05) is 12.2 Å². The summed E-state index contributed by atoms with van der Waals surface area (Å²) in [7, 11) is 0. The molecule has 0 aromatic rings. The SMILES string of the molecule is O=C(N[C@@H](C[C@@H]1CCNC1=O)C(=O)CO)C1NCC2C3C=CC(C3)C12. The van der Waals surface area contributed by atoms with E-state index in [1.807, 2.05) is 0 Å². The molecular formula is C18H25N3O4. The van der Waals surface area contributed by atoms with Gasteiger partial charge in [-0.2, -0.15) is 0 Å². The van der Waals surface area contributed by atoms with Crippen LogP contribution in [0.4, 0.5) is 0 Å².